The number of anilines is 1. The predicted octanol–water partition coefficient (Wildman–Crippen LogP) is 1.96. The van der Waals surface area contributed by atoms with Gasteiger partial charge in [-0.15, -0.1) is 5.10 Å². The summed E-state index contributed by atoms with van der Waals surface area (Å²) >= 11 is 5.92. The first-order chi connectivity index (χ1) is 8.95. The van der Waals surface area contributed by atoms with Crippen LogP contribution in [-0.2, 0) is 10.3 Å². The summed E-state index contributed by atoms with van der Waals surface area (Å²) < 4.78 is 6.92. The molecule has 19 heavy (non-hydrogen) atoms. The Balaban J connectivity index is 2.47. The third-order valence-electron chi connectivity index (χ3n) is 2.79. The van der Waals surface area contributed by atoms with Gasteiger partial charge in [0.1, 0.15) is 0 Å². The van der Waals surface area contributed by atoms with Crippen LogP contribution in [0.3, 0.4) is 0 Å². The van der Waals surface area contributed by atoms with Gasteiger partial charge in [-0.25, -0.2) is 4.68 Å². The standard InChI is InChI=1S/C12H16ClN5O/c1-12(2,7-19-3)18-11(15-16-17-18)8-4-5-9(13)10(14)6-8/h4-6H,7,14H2,1-3H3. The van der Waals surface area contributed by atoms with E-state index < -0.39 is 0 Å². The minimum atomic E-state index is -0.359. The molecule has 2 aromatic rings. The van der Waals surface area contributed by atoms with Gasteiger partial charge >= 0.3 is 0 Å². The van der Waals surface area contributed by atoms with Crippen LogP contribution in [0.4, 0.5) is 5.69 Å². The average molecular weight is 282 g/mol. The minimum Gasteiger partial charge on any atom is -0.398 e. The lowest BCUT2D eigenvalue weighted by Crippen LogP contribution is -2.33. The molecule has 102 valence electrons. The molecule has 0 radical (unpaired) electrons. The Morgan fingerprint density at radius 1 is 1.42 bits per heavy atom. The number of nitrogens with two attached hydrogens (primary N) is 1. The van der Waals surface area contributed by atoms with E-state index in [-0.39, 0.29) is 5.54 Å². The maximum absolute atomic E-state index is 5.92. The van der Waals surface area contributed by atoms with Gasteiger partial charge in [0.15, 0.2) is 5.82 Å². The first-order valence-corrected chi connectivity index (χ1v) is 6.16. The molecule has 0 saturated carbocycles. The van der Waals surface area contributed by atoms with Crippen molar-refractivity contribution in [3.8, 4) is 11.4 Å². The van der Waals surface area contributed by atoms with Gasteiger partial charge in [0.05, 0.1) is 22.9 Å². The highest BCUT2D eigenvalue weighted by Crippen LogP contribution is 2.27. The maximum Gasteiger partial charge on any atom is 0.182 e. The van der Waals surface area contributed by atoms with Crippen LogP contribution in [0, 0.1) is 0 Å². The third kappa shape index (κ3) is 2.69. The van der Waals surface area contributed by atoms with Crippen LogP contribution in [0.15, 0.2) is 18.2 Å². The van der Waals surface area contributed by atoms with E-state index in [9.17, 15) is 0 Å². The van der Waals surface area contributed by atoms with Crippen molar-refractivity contribution in [1.82, 2.24) is 20.2 Å². The average Bonchev–Trinajstić information content (AvgIpc) is 2.82. The van der Waals surface area contributed by atoms with Crippen molar-refractivity contribution in [3.05, 3.63) is 23.2 Å². The van der Waals surface area contributed by atoms with E-state index in [1.807, 2.05) is 19.9 Å². The van der Waals surface area contributed by atoms with Gasteiger partial charge in [-0.1, -0.05) is 11.6 Å². The molecule has 0 bridgehead atoms. The Labute approximate surface area is 116 Å². The van der Waals surface area contributed by atoms with E-state index in [0.29, 0.717) is 23.1 Å². The molecule has 0 unspecified atom stereocenters. The first-order valence-electron chi connectivity index (χ1n) is 5.79. The van der Waals surface area contributed by atoms with E-state index in [1.165, 1.54) is 0 Å². The second-order valence-corrected chi connectivity index (χ2v) is 5.30. The molecule has 1 aromatic heterocycles. The number of benzene rings is 1. The first kappa shape index (κ1) is 13.8. The number of hydrogen-bond donors (Lipinski definition) is 1. The van der Waals surface area contributed by atoms with Gasteiger partial charge in [0.2, 0.25) is 0 Å². The normalized spacial score (nSPS) is 11.8. The lowest BCUT2D eigenvalue weighted by atomic mass is 10.1. The van der Waals surface area contributed by atoms with Crippen LogP contribution < -0.4 is 5.73 Å². The molecule has 0 amide bonds. The van der Waals surface area contributed by atoms with Crippen LogP contribution in [0.25, 0.3) is 11.4 Å². The lowest BCUT2D eigenvalue weighted by molar-refractivity contribution is 0.101. The Bertz CT molecular complexity index is 581. The Hall–Kier alpha value is -1.66. The molecular weight excluding hydrogens is 266 g/mol. The van der Waals surface area contributed by atoms with E-state index >= 15 is 0 Å². The molecule has 2 N–H and O–H groups in total. The molecule has 2 rings (SSSR count). The summed E-state index contributed by atoms with van der Waals surface area (Å²) in [5.74, 6) is 0.630. The van der Waals surface area contributed by atoms with Crippen molar-refractivity contribution < 1.29 is 4.74 Å². The minimum absolute atomic E-state index is 0.359. The van der Waals surface area contributed by atoms with Crippen molar-refractivity contribution in [3.63, 3.8) is 0 Å². The monoisotopic (exact) mass is 281 g/mol. The molecule has 1 aromatic carbocycles. The van der Waals surface area contributed by atoms with Crippen LogP contribution >= 0.6 is 11.6 Å². The number of nitrogen functional groups attached to an aromatic ring is 1. The number of aromatic nitrogens is 4. The SMILES string of the molecule is COCC(C)(C)n1nnnc1-c1ccc(Cl)c(N)c1. The molecule has 0 aliphatic rings. The van der Waals surface area contributed by atoms with Crippen LogP contribution in [0.2, 0.25) is 5.02 Å². The largest absolute Gasteiger partial charge is 0.398 e. The summed E-state index contributed by atoms with van der Waals surface area (Å²) in [5.41, 5.74) is 6.77. The third-order valence-corrected chi connectivity index (χ3v) is 3.14. The number of hydrogen-bond acceptors (Lipinski definition) is 5. The predicted molar refractivity (Wildman–Crippen MR) is 73.9 cm³/mol. The fourth-order valence-electron chi connectivity index (χ4n) is 1.87. The quantitative estimate of drug-likeness (QED) is 0.867. The summed E-state index contributed by atoms with van der Waals surface area (Å²) in [5, 5.41) is 12.3. The number of methoxy groups -OCH3 is 1. The van der Waals surface area contributed by atoms with E-state index in [4.69, 9.17) is 22.1 Å². The molecule has 0 spiro atoms. The van der Waals surface area contributed by atoms with Crippen molar-refractivity contribution >= 4 is 17.3 Å². The van der Waals surface area contributed by atoms with Crippen molar-refractivity contribution in [2.24, 2.45) is 0 Å². The van der Waals surface area contributed by atoms with Gasteiger partial charge in [0, 0.05) is 12.7 Å². The highest BCUT2D eigenvalue weighted by Gasteiger charge is 2.26. The molecule has 0 aliphatic carbocycles. The smallest absolute Gasteiger partial charge is 0.182 e. The Morgan fingerprint density at radius 2 is 2.16 bits per heavy atom. The summed E-state index contributed by atoms with van der Waals surface area (Å²) in [6.45, 7) is 4.49. The maximum atomic E-state index is 5.92. The van der Waals surface area contributed by atoms with Gasteiger partial charge in [-0.3, -0.25) is 0 Å². The van der Waals surface area contributed by atoms with Gasteiger partial charge < -0.3 is 10.5 Å². The summed E-state index contributed by atoms with van der Waals surface area (Å²) in [4.78, 5) is 0. The fraction of sp³-hybridized carbons (Fsp3) is 0.417. The number of halogens is 1. The summed E-state index contributed by atoms with van der Waals surface area (Å²) in [6.07, 6.45) is 0. The highest BCUT2D eigenvalue weighted by atomic mass is 35.5. The lowest BCUT2D eigenvalue weighted by Gasteiger charge is -2.24. The highest BCUT2D eigenvalue weighted by molar-refractivity contribution is 6.33. The van der Waals surface area contributed by atoms with Crippen LogP contribution in [-0.4, -0.2) is 33.9 Å². The Morgan fingerprint density at radius 3 is 2.79 bits per heavy atom. The van der Waals surface area contributed by atoms with Crippen LogP contribution in [0.1, 0.15) is 13.8 Å². The number of nitrogens with zero attached hydrogens (tertiary/aromatic N) is 4. The van der Waals surface area contributed by atoms with Crippen molar-refractivity contribution in [1.29, 1.82) is 0 Å². The molecular formula is C12H16ClN5O. The number of rotatable bonds is 4. The second-order valence-electron chi connectivity index (χ2n) is 4.90. The van der Waals surface area contributed by atoms with Gasteiger partial charge in [0.25, 0.3) is 0 Å². The van der Waals surface area contributed by atoms with Gasteiger partial charge in [-0.05, 0) is 42.5 Å². The number of tetrazole rings is 1. The van der Waals surface area contributed by atoms with E-state index in [1.54, 1.807) is 23.9 Å². The molecule has 7 heteroatoms. The molecule has 6 nitrogen and oxygen atoms in total. The number of ether oxygens (including phenoxy) is 1. The molecule has 1 heterocycles. The summed E-state index contributed by atoms with van der Waals surface area (Å²) in [6, 6.07) is 5.33. The van der Waals surface area contributed by atoms with E-state index in [2.05, 4.69) is 15.5 Å². The Kier molecular flexibility index (Phi) is 3.73. The summed E-state index contributed by atoms with van der Waals surface area (Å²) in [7, 11) is 1.64. The van der Waals surface area contributed by atoms with Crippen LogP contribution in [0.5, 0.6) is 0 Å². The molecule has 0 fully saturated rings. The topological polar surface area (TPSA) is 78.8 Å². The van der Waals surface area contributed by atoms with E-state index in [0.717, 1.165) is 5.56 Å². The molecule has 0 aliphatic heterocycles. The van der Waals surface area contributed by atoms with Gasteiger partial charge in [-0.2, -0.15) is 0 Å². The second kappa shape index (κ2) is 5.14. The zero-order valence-corrected chi connectivity index (χ0v) is 11.8. The van der Waals surface area contributed by atoms with Crippen molar-refractivity contribution in [2.45, 2.75) is 19.4 Å². The zero-order chi connectivity index (χ0) is 14.0. The van der Waals surface area contributed by atoms with Crippen molar-refractivity contribution in [2.75, 3.05) is 19.5 Å². The zero-order valence-electron chi connectivity index (χ0n) is 11.1. The fourth-order valence-corrected chi connectivity index (χ4v) is 1.99. The molecule has 0 saturated heterocycles. The molecule has 0 atom stereocenters.